The van der Waals surface area contributed by atoms with Crippen molar-refractivity contribution in [3.05, 3.63) is 11.8 Å². The molecule has 7 nitrogen and oxygen atoms in total. The summed E-state index contributed by atoms with van der Waals surface area (Å²) in [6.07, 6.45) is 4.79. The quantitative estimate of drug-likeness (QED) is 0.843. The first-order chi connectivity index (χ1) is 12.3. The van der Waals surface area contributed by atoms with E-state index in [2.05, 4.69) is 10.4 Å². The molecule has 26 heavy (non-hydrogen) atoms. The van der Waals surface area contributed by atoms with Gasteiger partial charge in [-0.2, -0.15) is 9.40 Å². The minimum atomic E-state index is -3.44. The first-order valence-electron chi connectivity index (χ1n) is 9.67. The molecule has 1 N–H and O–H groups in total. The molecule has 3 saturated heterocycles. The maximum absolute atomic E-state index is 12.9. The Morgan fingerprint density at radius 1 is 1.27 bits per heavy atom. The van der Waals surface area contributed by atoms with Crippen LogP contribution in [0.3, 0.4) is 0 Å². The minimum absolute atomic E-state index is 0.305. The summed E-state index contributed by atoms with van der Waals surface area (Å²) in [5.41, 5.74) is 1.51. The molecular formula is C18H28N4O3S. The van der Waals surface area contributed by atoms with Crippen molar-refractivity contribution in [2.75, 3.05) is 32.8 Å². The number of aryl methyl sites for hydroxylation is 2. The summed E-state index contributed by atoms with van der Waals surface area (Å²) in [5, 5.41) is 7.89. The van der Waals surface area contributed by atoms with Gasteiger partial charge in [-0.05, 0) is 50.0 Å². The van der Waals surface area contributed by atoms with Crippen LogP contribution in [-0.2, 0) is 21.8 Å². The molecule has 0 amide bonds. The van der Waals surface area contributed by atoms with Crippen molar-refractivity contribution >= 4 is 10.0 Å². The van der Waals surface area contributed by atoms with Gasteiger partial charge in [0.15, 0.2) is 5.03 Å². The number of aromatic nitrogens is 2. The molecule has 5 rings (SSSR count). The van der Waals surface area contributed by atoms with Crippen LogP contribution in [0.4, 0.5) is 0 Å². The maximum atomic E-state index is 12.9. The Hall–Kier alpha value is -0.960. The Labute approximate surface area is 155 Å². The van der Waals surface area contributed by atoms with Gasteiger partial charge in [-0.15, -0.1) is 0 Å². The van der Waals surface area contributed by atoms with Gasteiger partial charge in [0.05, 0.1) is 18.4 Å². The number of nitrogens with one attached hydrogen (secondary N) is 1. The second-order valence-corrected chi connectivity index (χ2v) is 10.9. The van der Waals surface area contributed by atoms with Crippen LogP contribution in [0.15, 0.2) is 11.1 Å². The van der Waals surface area contributed by atoms with Gasteiger partial charge in [0.2, 0.25) is 0 Å². The minimum Gasteiger partial charge on any atom is -0.376 e. The van der Waals surface area contributed by atoms with Crippen LogP contribution in [0, 0.1) is 23.7 Å². The fourth-order valence-corrected chi connectivity index (χ4v) is 7.26. The van der Waals surface area contributed by atoms with E-state index in [-0.39, 0.29) is 0 Å². The van der Waals surface area contributed by atoms with E-state index in [0.717, 1.165) is 38.2 Å². The molecule has 1 saturated carbocycles. The average Bonchev–Trinajstić information content (AvgIpc) is 2.83. The van der Waals surface area contributed by atoms with Gasteiger partial charge in [0, 0.05) is 38.6 Å². The third-order valence-electron chi connectivity index (χ3n) is 7.27. The van der Waals surface area contributed by atoms with Gasteiger partial charge in [-0.3, -0.25) is 4.68 Å². The average molecular weight is 381 g/mol. The molecule has 0 aromatic carbocycles. The Balaban J connectivity index is 1.21. The zero-order chi connectivity index (χ0) is 18.2. The molecule has 1 aliphatic carbocycles. The lowest BCUT2D eigenvalue weighted by Crippen LogP contribution is -2.72. The third kappa shape index (κ3) is 2.35. The van der Waals surface area contributed by atoms with Crippen molar-refractivity contribution in [2.45, 2.75) is 43.7 Å². The van der Waals surface area contributed by atoms with Crippen LogP contribution in [-0.4, -0.2) is 61.4 Å². The zero-order valence-electron chi connectivity index (χ0n) is 15.6. The SMILES string of the molecule is Cc1cc(S(=O)(=O)N2CCC3(CC2)CC(C2OCC24CNC4)C3)n(C)n1. The van der Waals surface area contributed by atoms with Crippen molar-refractivity contribution in [2.24, 2.45) is 23.8 Å². The Morgan fingerprint density at radius 3 is 2.42 bits per heavy atom. The fourth-order valence-electron chi connectivity index (χ4n) is 5.64. The summed E-state index contributed by atoms with van der Waals surface area (Å²) in [6.45, 7) is 6.21. The molecule has 1 atom stereocenters. The molecule has 1 aromatic heterocycles. The number of hydrogen-bond donors (Lipinski definition) is 1. The van der Waals surface area contributed by atoms with Gasteiger partial charge < -0.3 is 10.1 Å². The van der Waals surface area contributed by atoms with E-state index in [1.807, 2.05) is 6.92 Å². The molecule has 2 spiro atoms. The van der Waals surface area contributed by atoms with E-state index >= 15 is 0 Å². The van der Waals surface area contributed by atoms with Crippen LogP contribution >= 0.6 is 0 Å². The molecular weight excluding hydrogens is 352 g/mol. The monoisotopic (exact) mass is 380 g/mol. The second kappa shape index (κ2) is 5.53. The molecule has 144 valence electrons. The topological polar surface area (TPSA) is 76.5 Å². The highest BCUT2D eigenvalue weighted by molar-refractivity contribution is 7.89. The summed E-state index contributed by atoms with van der Waals surface area (Å²) in [6, 6.07) is 1.67. The lowest BCUT2D eigenvalue weighted by Gasteiger charge is -2.63. The predicted molar refractivity (Wildman–Crippen MR) is 96.1 cm³/mol. The van der Waals surface area contributed by atoms with Crippen molar-refractivity contribution < 1.29 is 13.2 Å². The zero-order valence-corrected chi connectivity index (χ0v) is 16.4. The van der Waals surface area contributed by atoms with E-state index in [1.54, 1.807) is 17.4 Å². The number of sulfonamides is 1. The number of hydrogen-bond acceptors (Lipinski definition) is 5. The van der Waals surface area contributed by atoms with Gasteiger partial charge in [-0.1, -0.05) is 0 Å². The normalized spacial score (nSPS) is 30.8. The van der Waals surface area contributed by atoms with E-state index in [1.165, 1.54) is 17.5 Å². The van der Waals surface area contributed by atoms with Crippen molar-refractivity contribution in [3.63, 3.8) is 0 Å². The third-order valence-corrected chi connectivity index (χ3v) is 9.23. The van der Waals surface area contributed by atoms with E-state index in [4.69, 9.17) is 4.74 Å². The summed E-state index contributed by atoms with van der Waals surface area (Å²) in [5.74, 6) is 0.675. The lowest BCUT2D eigenvalue weighted by atomic mass is 9.52. The molecule has 8 heteroatoms. The van der Waals surface area contributed by atoms with Gasteiger partial charge in [0.25, 0.3) is 10.0 Å². The number of rotatable bonds is 3. The van der Waals surface area contributed by atoms with Crippen LogP contribution < -0.4 is 5.32 Å². The van der Waals surface area contributed by atoms with Gasteiger partial charge in [-0.25, -0.2) is 8.42 Å². The molecule has 1 aromatic rings. The van der Waals surface area contributed by atoms with Crippen molar-refractivity contribution in [3.8, 4) is 0 Å². The molecule has 1 unspecified atom stereocenters. The summed E-state index contributed by atoms with van der Waals surface area (Å²) in [7, 11) is -1.74. The summed E-state index contributed by atoms with van der Waals surface area (Å²) < 4.78 is 34.9. The van der Waals surface area contributed by atoms with Crippen molar-refractivity contribution in [1.82, 2.24) is 19.4 Å². The first-order valence-corrected chi connectivity index (χ1v) is 11.1. The van der Waals surface area contributed by atoms with Crippen LogP contribution in [0.2, 0.25) is 0 Å². The number of nitrogens with zero attached hydrogens (tertiary/aromatic N) is 3. The Bertz CT molecular complexity index is 808. The standard InChI is InChI=1S/C18H28N4O3S/c1-13-7-15(21(2)20-13)26(23,24)22-5-3-17(4-6-22)8-14(9-17)16-18(12-25-16)10-19-11-18/h7,14,16,19H,3-6,8-12H2,1-2H3. The predicted octanol–water partition coefficient (Wildman–Crippen LogP) is 0.898. The summed E-state index contributed by atoms with van der Waals surface area (Å²) >= 11 is 0. The fraction of sp³-hybridized carbons (Fsp3) is 0.833. The number of piperidine rings is 1. The summed E-state index contributed by atoms with van der Waals surface area (Å²) in [4.78, 5) is 0. The number of ether oxygens (including phenoxy) is 1. The van der Waals surface area contributed by atoms with Gasteiger partial charge >= 0.3 is 0 Å². The van der Waals surface area contributed by atoms with E-state index in [9.17, 15) is 8.42 Å². The first kappa shape index (κ1) is 17.2. The second-order valence-electron chi connectivity index (χ2n) is 9.02. The Morgan fingerprint density at radius 2 is 1.96 bits per heavy atom. The van der Waals surface area contributed by atoms with Crippen LogP contribution in [0.1, 0.15) is 31.4 Å². The molecule has 4 aliphatic rings. The maximum Gasteiger partial charge on any atom is 0.260 e. The molecule has 3 aliphatic heterocycles. The molecule has 0 radical (unpaired) electrons. The van der Waals surface area contributed by atoms with E-state index < -0.39 is 10.0 Å². The smallest absolute Gasteiger partial charge is 0.260 e. The lowest BCUT2D eigenvalue weighted by molar-refractivity contribution is -0.256. The molecule has 0 bridgehead atoms. The highest BCUT2D eigenvalue weighted by atomic mass is 32.2. The van der Waals surface area contributed by atoms with Crippen LogP contribution in [0.5, 0.6) is 0 Å². The van der Waals surface area contributed by atoms with Crippen LogP contribution in [0.25, 0.3) is 0 Å². The largest absolute Gasteiger partial charge is 0.376 e. The molecule has 4 fully saturated rings. The Kier molecular flexibility index (Phi) is 3.65. The molecule has 4 heterocycles. The van der Waals surface area contributed by atoms with Gasteiger partial charge in [0.1, 0.15) is 0 Å². The van der Waals surface area contributed by atoms with E-state index in [0.29, 0.717) is 41.0 Å². The van der Waals surface area contributed by atoms with Crippen molar-refractivity contribution in [1.29, 1.82) is 0 Å². The highest BCUT2D eigenvalue weighted by Crippen LogP contribution is 2.59. The highest BCUT2D eigenvalue weighted by Gasteiger charge is 2.60.